The zero-order valence-electron chi connectivity index (χ0n) is 8.92. The molecule has 0 aromatic heterocycles. The molecule has 2 nitrogen and oxygen atoms in total. The van der Waals surface area contributed by atoms with E-state index >= 15 is 0 Å². The van der Waals surface area contributed by atoms with E-state index in [9.17, 15) is 9.50 Å². The molecular weight excluding hydrogens is 273 g/mol. The van der Waals surface area contributed by atoms with Gasteiger partial charge in [-0.2, -0.15) is 0 Å². The van der Waals surface area contributed by atoms with Crippen molar-refractivity contribution >= 4 is 15.9 Å². The van der Waals surface area contributed by atoms with Crippen LogP contribution in [0.5, 0.6) is 5.75 Å². The van der Waals surface area contributed by atoms with Crippen LogP contribution in [-0.4, -0.2) is 5.11 Å². The van der Waals surface area contributed by atoms with Gasteiger partial charge < -0.3 is 10.8 Å². The molecule has 0 amide bonds. The molecule has 1 aliphatic carbocycles. The number of nitrogens with two attached hydrogens (primary N) is 1. The largest absolute Gasteiger partial charge is 0.505 e. The molecule has 0 spiro atoms. The number of benzene rings is 1. The van der Waals surface area contributed by atoms with Gasteiger partial charge in [-0.25, -0.2) is 4.39 Å². The summed E-state index contributed by atoms with van der Waals surface area (Å²) in [6, 6.07) is 2.55. The summed E-state index contributed by atoms with van der Waals surface area (Å²) >= 11 is 3.32. The van der Waals surface area contributed by atoms with Crippen molar-refractivity contribution < 1.29 is 9.50 Å². The van der Waals surface area contributed by atoms with Gasteiger partial charge >= 0.3 is 0 Å². The maximum absolute atomic E-state index is 13.3. The molecule has 1 aromatic rings. The van der Waals surface area contributed by atoms with Crippen LogP contribution in [0.2, 0.25) is 0 Å². The normalized spacial score (nSPS) is 18.9. The number of halogens is 2. The Morgan fingerprint density at radius 1 is 1.38 bits per heavy atom. The van der Waals surface area contributed by atoms with Crippen molar-refractivity contribution in [1.82, 2.24) is 0 Å². The lowest BCUT2D eigenvalue weighted by Crippen LogP contribution is -2.20. The minimum atomic E-state index is -0.605. The lowest BCUT2D eigenvalue weighted by Gasteiger charge is -2.21. The van der Waals surface area contributed by atoms with Crippen molar-refractivity contribution in [2.75, 3.05) is 0 Å². The second kappa shape index (κ2) is 4.72. The fourth-order valence-corrected chi connectivity index (χ4v) is 3.01. The SMILES string of the molecule is N[C@@H](c1c(Br)ccc(F)c1O)C1CCCC1. The van der Waals surface area contributed by atoms with E-state index in [4.69, 9.17) is 5.73 Å². The molecule has 0 unspecified atom stereocenters. The van der Waals surface area contributed by atoms with E-state index in [2.05, 4.69) is 15.9 Å². The average Bonchev–Trinajstić information content (AvgIpc) is 2.77. The molecule has 0 bridgehead atoms. The first-order valence-corrected chi connectivity index (χ1v) is 6.33. The summed E-state index contributed by atoms with van der Waals surface area (Å²) in [6.45, 7) is 0. The maximum atomic E-state index is 13.3. The highest BCUT2D eigenvalue weighted by Crippen LogP contribution is 2.41. The maximum Gasteiger partial charge on any atom is 0.165 e. The lowest BCUT2D eigenvalue weighted by atomic mass is 9.92. The second-order valence-electron chi connectivity index (χ2n) is 4.36. The molecule has 2 rings (SSSR count). The van der Waals surface area contributed by atoms with Gasteiger partial charge in [0, 0.05) is 16.1 Å². The number of hydrogen-bond acceptors (Lipinski definition) is 2. The van der Waals surface area contributed by atoms with Crippen LogP contribution in [0, 0.1) is 11.7 Å². The molecule has 3 N–H and O–H groups in total. The summed E-state index contributed by atoms with van der Waals surface area (Å²) in [5.41, 5.74) is 6.62. The van der Waals surface area contributed by atoms with Crippen LogP contribution in [0.15, 0.2) is 16.6 Å². The Morgan fingerprint density at radius 3 is 2.62 bits per heavy atom. The monoisotopic (exact) mass is 287 g/mol. The topological polar surface area (TPSA) is 46.2 Å². The van der Waals surface area contributed by atoms with Crippen LogP contribution in [0.3, 0.4) is 0 Å². The molecule has 4 heteroatoms. The van der Waals surface area contributed by atoms with Gasteiger partial charge in [0.15, 0.2) is 11.6 Å². The average molecular weight is 288 g/mol. The molecule has 0 radical (unpaired) electrons. The van der Waals surface area contributed by atoms with Gasteiger partial charge in [0.05, 0.1) is 0 Å². The summed E-state index contributed by atoms with van der Waals surface area (Å²) in [6.07, 6.45) is 4.46. The first kappa shape index (κ1) is 11.9. The highest BCUT2D eigenvalue weighted by Gasteiger charge is 2.27. The van der Waals surface area contributed by atoms with E-state index in [1.165, 1.54) is 18.9 Å². The smallest absolute Gasteiger partial charge is 0.165 e. The number of rotatable bonds is 2. The molecule has 0 heterocycles. The van der Waals surface area contributed by atoms with Crippen LogP contribution in [0.1, 0.15) is 37.3 Å². The van der Waals surface area contributed by atoms with Gasteiger partial charge in [-0.1, -0.05) is 28.8 Å². The molecule has 16 heavy (non-hydrogen) atoms. The standard InChI is InChI=1S/C12H15BrFNO/c13-8-5-6-9(14)12(16)10(8)11(15)7-3-1-2-4-7/h5-7,11,16H,1-4,15H2/t11-/m1/s1. The molecule has 1 aromatic carbocycles. The third-order valence-corrected chi connectivity index (χ3v) is 4.05. The van der Waals surface area contributed by atoms with E-state index in [0.29, 0.717) is 16.0 Å². The van der Waals surface area contributed by atoms with Crippen molar-refractivity contribution in [1.29, 1.82) is 0 Å². The summed E-state index contributed by atoms with van der Waals surface area (Å²) in [5.74, 6) is -0.565. The quantitative estimate of drug-likeness (QED) is 0.875. The zero-order valence-corrected chi connectivity index (χ0v) is 10.5. The molecule has 0 saturated heterocycles. The van der Waals surface area contributed by atoms with E-state index in [1.54, 1.807) is 6.07 Å². The van der Waals surface area contributed by atoms with Gasteiger partial charge in [-0.05, 0) is 30.9 Å². The molecule has 1 aliphatic rings. The first-order valence-electron chi connectivity index (χ1n) is 5.53. The van der Waals surface area contributed by atoms with Gasteiger partial charge in [-0.3, -0.25) is 0 Å². The van der Waals surface area contributed by atoms with Crippen LogP contribution in [-0.2, 0) is 0 Å². The summed E-state index contributed by atoms with van der Waals surface area (Å²) in [4.78, 5) is 0. The van der Waals surface area contributed by atoms with Crippen LogP contribution in [0.4, 0.5) is 4.39 Å². The second-order valence-corrected chi connectivity index (χ2v) is 5.22. The van der Waals surface area contributed by atoms with Gasteiger partial charge in [0.2, 0.25) is 0 Å². The fraction of sp³-hybridized carbons (Fsp3) is 0.500. The molecule has 0 aliphatic heterocycles. The van der Waals surface area contributed by atoms with Crippen LogP contribution in [0.25, 0.3) is 0 Å². The Bertz CT molecular complexity index is 391. The predicted octanol–water partition coefficient (Wildman–Crippen LogP) is 3.48. The summed E-state index contributed by atoms with van der Waals surface area (Å²) in [7, 11) is 0. The number of phenolic OH excluding ortho intramolecular Hbond substituents is 1. The Labute approximate surface area is 103 Å². The van der Waals surface area contributed by atoms with Crippen LogP contribution >= 0.6 is 15.9 Å². The van der Waals surface area contributed by atoms with E-state index in [0.717, 1.165) is 12.8 Å². The van der Waals surface area contributed by atoms with Crippen molar-refractivity contribution in [2.24, 2.45) is 11.7 Å². The Hall–Kier alpha value is -0.610. The lowest BCUT2D eigenvalue weighted by molar-refractivity contribution is 0.390. The fourth-order valence-electron chi connectivity index (χ4n) is 2.43. The minimum Gasteiger partial charge on any atom is -0.505 e. The Kier molecular flexibility index (Phi) is 3.50. The molecule has 1 saturated carbocycles. The van der Waals surface area contributed by atoms with Crippen molar-refractivity contribution in [2.45, 2.75) is 31.7 Å². The third kappa shape index (κ3) is 2.09. The van der Waals surface area contributed by atoms with Crippen LogP contribution < -0.4 is 5.73 Å². The minimum absolute atomic E-state index is 0.285. The third-order valence-electron chi connectivity index (χ3n) is 3.36. The predicted molar refractivity (Wildman–Crippen MR) is 64.7 cm³/mol. The summed E-state index contributed by atoms with van der Waals surface area (Å²) < 4.78 is 14.0. The van der Waals surface area contributed by atoms with Crippen molar-refractivity contribution in [3.63, 3.8) is 0 Å². The molecule has 1 atom stereocenters. The molecule has 1 fully saturated rings. The highest BCUT2D eigenvalue weighted by molar-refractivity contribution is 9.10. The molecular formula is C12H15BrFNO. The van der Waals surface area contributed by atoms with Gasteiger partial charge in [0.1, 0.15) is 0 Å². The highest BCUT2D eigenvalue weighted by atomic mass is 79.9. The van der Waals surface area contributed by atoms with E-state index in [1.807, 2.05) is 0 Å². The zero-order chi connectivity index (χ0) is 11.7. The van der Waals surface area contributed by atoms with E-state index < -0.39 is 5.82 Å². The number of phenols is 1. The molecule has 88 valence electrons. The Morgan fingerprint density at radius 2 is 2.00 bits per heavy atom. The van der Waals surface area contributed by atoms with Gasteiger partial charge in [0.25, 0.3) is 0 Å². The number of hydrogen-bond donors (Lipinski definition) is 2. The number of aromatic hydroxyl groups is 1. The van der Waals surface area contributed by atoms with Crippen molar-refractivity contribution in [3.8, 4) is 5.75 Å². The van der Waals surface area contributed by atoms with Gasteiger partial charge in [-0.15, -0.1) is 0 Å². The summed E-state index contributed by atoms with van der Waals surface area (Å²) in [5, 5.41) is 9.72. The van der Waals surface area contributed by atoms with E-state index in [-0.39, 0.29) is 11.8 Å². The van der Waals surface area contributed by atoms with Crippen molar-refractivity contribution in [3.05, 3.63) is 28.0 Å². The first-order chi connectivity index (χ1) is 7.61. The Balaban J connectivity index is 2.34.